The summed E-state index contributed by atoms with van der Waals surface area (Å²) < 4.78 is 5.41. The van der Waals surface area contributed by atoms with E-state index in [2.05, 4.69) is 4.98 Å². The predicted molar refractivity (Wildman–Crippen MR) is 78.4 cm³/mol. The lowest BCUT2D eigenvalue weighted by atomic mass is 10.2. The van der Waals surface area contributed by atoms with Crippen LogP contribution in [0.4, 0.5) is 0 Å². The maximum absolute atomic E-state index is 12.2. The molecule has 1 aliphatic heterocycles. The van der Waals surface area contributed by atoms with Crippen molar-refractivity contribution >= 4 is 42.3 Å². The topological polar surface area (TPSA) is 68.5 Å². The molecule has 1 aliphatic rings. The fourth-order valence-electron chi connectivity index (χ4n) is 1.77. The van der Waals surface area contributed by atoms with E-state index in [4.69, 9.17) is 22.1 Å². The SMILES string of the molecule is Cl.Cl.NCC1CN(C(=O)c2ccncc2Cl)CCO1. The minimum absolute atomic E-state index is 0. The number of hydrogen-bond acceptors (Lipinski definition) is 4. The predicted octanol–water partition coefficient (Wildman–Crippen LogP) is 1.38. The monoisotopic (exact) mass is 327 g/mol. The molecular weight excluding hydrogens is 312 g/mol. The number of carbonyl (C=O) groups excluding carboxylic acids is 1. The Morgan fingerprint density at radius 1 is 1.58 bits per heavy atom. The van der Waals surface area contributed by atoms with Crippen molar-refractivity contribution in [3.63, 3.8) is 0 Å². The molecular formula is C11H16Cl3N3O2. The van der Waals surface area contributed by atoms with E-state index in [0.717, 1.165) is 0 Å². The molecule has 1 saturated heterocycles. The van der Waals surface area contributed by atoms with E-state index in [-0.39, 0.29) is 36.8 Å². The van der Waals surface area contributed by atoms with Crippen molar-refractivity contribution in [3.8, 4) is 0 Å². The van der Waals surface area contributed by atoms with Gasteiger partial charge < -0.3 is 15.4 Å². The van der Waals surface area contributed by atoms with Gasteiger partial charge in [0.05, 0.1) is 23.3 Å². The Morgan fingerprint density at radius 2 is 2.32 bits per heavy atom. The van der Waals surface area contributed by atoms with Gasteiger partial charge in [-0.15, -0.1) is 24.8 Å². The highest BCUT2D eigenvalue weighted by molar-refractivity contribution is 6.33. The van der Waals surface area contributed by atoms with Gasteiger partial charge in [0.25, 0.3) is 5.91 Å². The Bertz CT molecular complexity index is 420. The van der Waals surface area contributed by atoms with Crippen LogP contribution in [0.15, 0.2) is 18.5 Å². The van der Waals surface area contributed by atoms with E-state index in [1.54, 1.807) is 17.2 Å². The third-order valence-corrected chi connectivity index (χ3v) is 2.99. The van der Waals surface area contributed by atoms with Gasteiger partial charge in [-0.05, 0) is 6.07 Å². The fourth-order valence-corrected chi connectivity index (χ4v) is 1.97. The molecule has 2 heterocycles. The first-order valence-corrected chi connectivity index (χ1v) is 5.80. The van der Waals surface area contributed by atoms with Crippen molar-refractivity contribution in [1.82, 2.24) is 9.88 Å². The number of ether oxygens (including phenoxy) is 1. The van der Waals surface area contributed by atoms with Gasteiger partial charge in [0.2, 0.25) is 0 Å². The average molecular weight is 329 g/mol. The number of pyridine rings is 1. The molecule has 0 saturated carbocycles. The summed E-state index contributed by atoms with van der Waals surface area (Å²) >= 11 is 5.94. The number of hydrogen-bond donors (Lipinski definition) is 1. The van der Waals surface area contributed by atoms with Crippen LogP contribution < -0.4 is 5.73 Å². The molecule has 2 N–H and O–H groups in total. The third-order valence-electron chi connectivity index (χ3n) is 2.69. The van der Waals surface area contributed by atoms with Crippen molar-refractivity contribution in [1.29, 1.82) is 0 Å². The Labute approximate surface area is 129 Å². The molecule has 1 aromatic rings. The summed E-state index contributed by atoms with van der Waals surface area (Å²) in [6, 6.07) is 1.62. The Kier molecular flexibility index (Phi) is 8.29. The standard InChI is InChI=1S/C11H14ClN3O2.2ClH/c12-10-6-14-2-1-9(10)11(16)15-3-4-17-8(5-13)7-15;;/h1-2,6,8H,3-5,7,13H2;2*1H. The molecule has 0 aliphatic carbocycles. The highest BCUT2D eigenvalue weighted by Crippen LogP contribution is 2.17. The van der Waals surface area contributed by atoms with Crippen LogP contribution in [0.1, 0.15) is 10.4 Å². The number of amides is 1. The van der Waals surface area contributed by atoms with Crippen LogP contribution in [0.3, 0.4) is 0 Å². The first kappa shape index (κ1) is 18.4. The van der Waals surface area contributed by atoms with Gasteiger partial charge in [-0.2, -0.15) is 0 Å². The minimum Gasteiger partial charge on any atom is -0.373 e. The smallest absolute Gasteiger partial charge is 0.255 e. The zero-order valence-corrected chi connectivity index (χ0v) is 12.5. The Balaban J connectivity index is 0.00000162. The van der Waals surface area contributed by atoms with Crippen LogP contribution in [-0.4, -0.2) is 48.1 Å². The second-order valence-electron chi connectivity index (χ2n) is 3.84. The van der Waals surface area contributed by atoms with E-state index in [0.29, 0.717) is 36.8 Å². The van der Waals surface area contributed by atoms with Crippen molar-refractivity contribution in [2.24, 2.45) is 5.73 Å². The highest BCUT2D eigenvalue weighted by atomic mass is 35.5. The number of nitrogens with zero attached hydrogens (tertiary/aromatic N) is 2. The molecule has 0 radical (unpaired) electrons. The molecule has 0 spiro atoms. The van der Waals surface area contributed by atoms with Gasteiger partial charge in [-0.25, -0.2) is 0 Å². The van der Waals surface area contributed by atoms with Gasteiger partial charge in [0.15, 0.2) is 0 Å². The van der Waals surface area contributed by atoms with Gasteiger partial charge >= 0.3 is 0 Å². The molecule has 1 unspecified atom stereocenters. The van der Waals surface area contributed by atoms with Gasteiger partial charge in [0.1, 0.15) is 0 Å². The molecule has 0 bridgehead atoms. The van der Waals surface area contributed by atoms with E-state index >= 15 is 0 Å². The van der Waals surface area contributed by atoms with E-state index < -0.39 is 0 Å². The van der Waals surface area contributed by atoms with Crippen molar-refractivity contribution in [3.05, 3.63) is 29.0 Å². The molecule has 8 heteroatoms. The first-order valence-electron chi connectivity index (χ1n) is 5.43. The van der Waals surface area contributed by atoms with Crippen LogP contribution in [0, 0.1) is 0 Å². The zero-order valence-electron chi connectivity index (χ0n) is 10.1. The van der Waals surface area contributed by atoms with Gasteiger partial charge in [-0.3, -0.25) is 9.78 Å². The van der Waals surface area contributed by atoms with E-state index in [1.807, 2.05) is 0 Å². The minimum atomic E-state index is -0.0980. The summed E-state index contributed by atoms with van der Waals surface area (Å²) in [5.74, 6) is -0.0980. The molecule has 1 atom stereocenters. The summed E-state index contributed by atoms with van der Waals surface area (Å²) in [7, 11) is 0. The van der Waals surface area contributed by atoms with E-state index in [9.17, 15) is 4.79 Å². The molecule has 1 aromatic heterocycles. The normalized spacial score (nSPS) is 18.2. The molecule has 108 valence electrons. The van der Waals surface area contributed by atoms with Crippen LogP contribution in [0.25, 0.3) is 0 Å². The third kappa shape index (κ3) is 4.47. The van der Waals surface area contributed by atoms with E-state index in [1.165, 1.54) is 6.20 Å². The van der Waals surface area contributed by atoms with Crippen molar-refractivity contribution < 1.29 is 9.53 Å². The summed E-state index contributed by atoms with van der Waals surface area (Å²) in [5.41, 5.74) is 6.01. The van der Waals surface area contributed by atoms with Crippen LogP contribution in [-0.2, 0) is 4.74 Å². The number of halogens is 3. The lowest BCUT2D eigenvalue weighted by molar-refractivity contribution is -0.0167. The van der Waals surface area contributed by atoms with Gasteiger partial charge in [0, 0.05) is 32.0 Å². The molecule has 1 amide bonds. The summed E-state index contributed by atoms with van der Waals surface area (Å²) in [5, 5.41) is 0.369. The Hall–Kier alpha value is -0.590. The fraction of sp³-hybridized carbons (Fsp3) is 0.455. The maximum Gasteiger partial charge on any atom is 0.255 e. The number of morpholine rings is 1. The number of carbonyl (C=O) groups is 1. The van der Waals surface area contributed by atoms with Crippen LogP contribution >= 0.6 is 36.4 Å². The largest absolute Gasteiger partial charge is 0.373 e. The molecule has 19 heavy (non-hydrogen) atoms. The Morgan fingerprint density at radius 3 is 2.95 bits per heavy atom. The average Bonchev–Trinajstić information content (AvgIpc) is 2.38. The summed E-state index contributed by atoms with van der Waals surface area (Å²) in [6.07, 6.45) is 2.93. The highest BCUT2D eigenvalue weighted by Gasteiger charge is 2.25. The second kappa shape index (κ2) is 8.55. The molecule has 0 aromatic carbocycles. The molecule has 1 fully saturated rings. The number of nitrogens with two attached hydrogens (primary N) is 1. The van der Waals surface area contributed by atoms with Crippen molar-refractivity contribution in [2.75, 3.05) is 26.2 Å². The molecule has 2 rings (SSSR count). The summed E-state index contributed by atoms with van der Waals surface area (Å²) in [4.78, 5) is 17.8. The van der Waals surface area contributed by atoms with Crippen molar-refractivity contribution in [2.45, 2.75) is 6.10 Å². The van der Waals surface area contributed by atoms with Gasteiger partial charge in [-0.1, -0.05) is 11.6 Å². The maximum atomic E-state index is 12.2. The quantitative estimate of drug-likeness (QED) is 0.890. The number of aromatic nitrogens is 1. The first-order chi connectivity index (χ1) is 8.22. The molecule has 5 nitrogen and oxygen atoms in total. The van der Waals surface area contributed by atoms with Crippen LogP contribution in [0.5, 0.6) is 0 Å². The lowest BCUT2D eigenvalue weighted by Gasteiger charge is -2.32. The zero-order chi connectivity index (χ0) is 12.3. The second-order valence-corrected chi connectivity index (χ2v) is 4.24. The van der Waals surface area contributed by atoms with Crippen LogP contribution in [0.2, 0.25) is 5.02 Å². The number of rotatable bonds is 2. The summed E-state index contributed by atoms with van der Waals surface area (Å²) in [6.45, 7) is 1.99. The lowest BCUT2D eigenvalue weighted by Crippen LogP contribution is -2.48.